The van der Waals surface area contributed by atoms with E-state index in [2.05, 4.69) is 10.3 Å². The first kappa shape index (κ1) is 24.2. The molecule has 0 unspecified atom stereocenters. The van der Waals surface area contributed by atoms with Gasteiger partial charge in [-0.1, -0.05) is 18.9 Å². The lowest BCUT2D eigenvalue weighted by Gasteiger charge is -2.24. The summed E-state index contributed by atoms with van der Waals surface area (Å²) in [5.74, 6) is -2.78. The van der Waals surface area contributed by atoms with Gasteiger partial charge in [-0.25, -0.2) is 4.79 Å². The molecule has 2 heterocycles. The van der Waals surface area contributed by atoms with Crippen LogP contribution in [0.3, 0.4) is 0 Å². The number of aromatic nitrogens is 1. The smallest absolute Gasteiger partial charge is 0.475 e. The summed E-state index contributed by atoms with van der Waals surface area (Å²) in [4.78, 5) is 39.5. The van der Waals surface area contributed by atoms with Gasteiger partial charge in [0.05, 0.1) is 0 Å². The van der Waals surface area contributed by atoms with Gasteiger partial charge in [0.2, 0.25) is 5.91 Å². The van der Waals surface area contributed by atoms with Gasteiger partial charge in [0.15, 0.2) is 0 Å². The Morgan fingerprint density at radius 3 is 2.39 bits per heavy atom. The lowest BCUT2D eigenvalue weighted by molar-refractivity contribution is -0.192. The van der Waals surface area contributed by atoms with Crippen LogP contribution in [0, 0.1) is 0 Å². The van der Waals surface area contributed by atoms with Gasteiger partial charge in [-0.15, -0.1) is 0 Å². The first-order chi connectivity index (χ1) is 15.5. The molecule has 1 fully saturated rings. The van der Waals surface area contributed by atoms with Gasteiger partial charge in [0.25, 0.3) is 5.91 Å². The van der Waals surface area contributed by atoms with Crippen molar-refractivity contribution in [3.8, 4) is 0 Å². The summed E-state index contributed by atoms with van der Waals surface area (Å²) in [6.07, 6.45) is 2.93. The number of carbonyl (C=O) groups excluding carboxylic acids is 2. The number of carboxylic acid groups (broad SMARTS) is 1. The molecule has 4 rings (SSSR count). The fourth-order valence-electron chi connectivity index (χ4n) is 4.36. The fraction of sp³-hybridized carbons (Fsp3) is 0.391. The number of carboxylic acids is 1. The Morgan fingerprint density at radius 1 is 1.18 bits per heavy atom. The van der Waals surface area contributed by atoms with E-state index in [1.807, 2.05) is 35.2 Å². The maximum atomic E-state index is 12.6. The molecule has 2 N–H and O–H groups in total. The van der Waals surface area contributed by atoms with Gasteiger partial charge < -0.3 is 15.3 Å². The highest BCUT2D eigenvalue weighted by atomic mass is 19.4. The molecule has 1 aliphatic heterocycles. The second kappa shape index (κ2) is 9.60. The number of hydrogen-bond donors (Lipinski definition) is 2. The Bertz CT molecular complexity index is 1030. The van der Waals surface area contributed by atoms with E-state index in [0.717, 1.165) is 30.6 Å². The Kier molecular flexibility index (Phi) is 7.04. The van der Waals surface area contributed by atoms with E-state index in [0.29, 0.717) is 12.1 Å². The number of benzene rings is 1. The number of nitrogens with zero attached hydrogens (tertiary/aromatic N) is 2. The second-order valence-corrected chi connectivity index (χ2v) is 8.17. The number of amides is 2. The fourth-order valence-corrected chi connectivity index (χ4v) is 4.36. The summed E-state index contributed by atoms with van der Waals surface area (Å²) in [5.41, 5.74) is 3.80. The number of pyridine rings is 1. The number of fused-ring (bicyclic) bond motifs is 2. The molecule has 10 heteroatoms. The SMILES string of the molecule is CC(=O)N1CC2(CCCC2)c2cc(C(=O)NCc3cccnc3)ccc21.O=C(O)C(F)(F)F. The Labute approximate surface area is 188 Å². The molecule has 1 aromatic heterocycles. The van der Waals surface area contributed by atoms with Crippen molar-refractivity contribution in [3.63, 3.8) is 0 Å². The third-order valence-corrected chi connectivity index (χ3v) is 5.94. The minimum atomic E-state index is -5.08. The molecule has 176 valence electrons. The van der Waals surface area contributed by atoms with E-state index in [1.165, 1.54) is 18.4 Å². The zero-order chi connectivity index (χ0) is 24.2. The summed E-state index contributed by atoms with van der Waals surface area (Å²) in [6.45, 7) is 2.82. The lowest BCUT2D eigenvalue weighted by Crippen LogP contribution is -2.34. The quantitative estimate of drug-likeness (QED) is 0.721. The van der Waals surface area contributed by atoms with Crippen LogP contribution in [0.25, 0.3) is 0 Å². The van der Waals surface area contributed by atoms with E-state index in [-0.39, 0.29) is 17.2 Å². The van der Waals surface area contributed by atoms with Crippen molar-refractivity contribution >= 4 is 23.5 Å². The molecule has 1 spiro atoms. The zero-order valence-electron chi connectivity index (χ0n) is 18.0. The molecule has 2 amide bonds. The van der Waals surface area contributed by atoms with Gasteiger partial charge in [0, 0.05) is 49.1 Å². The lowest BCUT2D eigenvalue weighted by atomic mass is 9.80. The van der Waals surface area contributed by atoms with Gasteiger partial charge in [-0.3, -0.25) is 14.6 Å². The highest BCUT2D eigenvalue weighted by molar-refractivity contribution is 5.98. The van der Waals surface area contributed by atoms with Crippen LogP contribution in [-0.4, -0.2) is 40.6 Å². The van der Waals surface area contributed by atoms with Crippen LogP contribution in [-0.2, 0) is 21.5 Å². The van der Waals surface area contributed by atoms with Crippen LogP contribution in [0.1, 0.15) is 54.1 Å². The number of hydrogen-bond acceptors (Lipinski definition) is 4. The first-order valence-corrected chi connectivity index (χ1v) is 10.4. The monoisotopic (exact) mass is 463 g/mol. The average Bonchev–Trinajstić information content (AvgIpc) is 3.38. The maximum Gasteiger partial charge on any atom is 0.490 e. The van der Waals surface area contributed by atoms with E-state index in [1.54, 1.807) is 19.3 Å². The highest BCUT2D eigenvalue weighted by Crippen LogP contribution is 2.50. The number of rotatable bonds is 3. The summed E-state index contributed by atoms with van der Waals surface area (Å²) in [5, 5.41) is 10.1. The summed E-state index contributed by atoms with van der Waals surface area (Å²) in [7, 11) is 0. The number of carbonyl (C=O) groups is 3. The van der Waals surface area contributed by atoms with Gasteiger partial charge in [-0.05, 0) is 48.2 Å². The standard InChI is InChI=1S/C21H23N3O2.C2HF3O2/c1-15(25)24-14-21(8-2-3-9-21)18-11-17(6-7-19(18)24)20(26)23-13-16-5-4-10-22-12-16;3-2(4,5)1(6)7/h4-7,10-12H,2-3,8-9,13-14H2,1H3,(H,23,26);(H,6,7). The molecule has 2 aliphatic rings. The van der Waals surface area contributed by atoms with E-state index >= 15 is 0 Å². The van der Waals surface area contributed by atoms with Crippen molar-refractivity contribution in [2.75, 3.05) is 11.4 Å². The van der Waals surface area contributed by atoms with E-state index < -0.39 is 12.1 Å². The van der Waals surface area contributed by atoms with Crippen molar-refractivity contribution in [2.45, 2.75) is 50.7 Å². The molecule has 1 saturated carbocycles. The van der Waals surface area contributed by atoms with Crippen molar-refractivity contribution < 1.29 is 32.7 Å². The zero-order valence-corrected chi connectivity index (χ0v) is 18.0. The van der Waals surface area contributed by atoms with Crippen LogP contribution in [0.15, 0.2) is 42.7 Å². The average molecular weight is 463 g/mol. The van der Waals surface area contributed by atoms with E-state index in [4.69, 9.17) is 9.90 Å². The largest absolute Gasteiger partial charge is 0.490 e. The van der Waals surface area contributed by atoms with Crippen LogP contribution < -0.4 is 10.2 Å². The maximum absolute atomic E-state index is 12.6. The predicted molar refractivity (Wildman–Crippen MR) is 114 cm³/mol. The number of anilines is 1. The molecule has 2 aromatic rings. The van der Waals surface area contributed by atoms with Crippen molar-refractivity contribution in [1.29, 1.82) is 0 Å². The highest BCUT2D eigenvalue weighted by Gasteiger charge is 2.45. The van der Waals surface area contributed by atoms with Crippen LogP contribution in [0.5, 0.6) is 0 Å². The van der Waals surface area contributed by atoms with Gasteiger partial charge in [-0.2, -0.15) is 13.2 Å². The normalized spacial score (nSPS) is 16.1. The summed E-state index contributed by atoms with van der Waals surface area (Å²) in [6, 6.07) is 9.55. The first-order valence-electron chi connectivity index (χ1n) is 10.4. The molecular formula is C23H24F3N3O4. The molecule has 0 atom stereocenters. The Morgan fingerprint density at radius 2 is 1.85 bits per heavy atom. The van der Waals surface area contributed by atoms with Crippen LogP contribution in [0.2, 0.25) is 0 Å². The van der Waals surface area contributed by atoms with Gasteiger partial charge >= 0.3 is 12.1 Å². The molecular weight excluding hydrogens is 439 g/mol. The van der Waals surface area contributed by atoms with Crippen LogP contribution >= 0.6 is 0 Å². The molecule has 1 aromatic carbocycles. The number of nitrogens with one attached hydrogen (secondary N) is 1. The third-order valence-electron chi connectivity index (χ3n) is 5.94. The van der Waals surface area contributed by atoms with Crippen LogP contribution in [0.4, 0.5) is 18.9 Å². The second-order valence-electron chi connectivity index (χ2n) is 8.17. The molecule has 0 bridgehead atoms. The molecule has 0 radical (unpaired) electrons. The molecule has 33 heavy (non-hydrogen) atoms. The Balaban J connectivity index is 0.000000383. The minimum absolute atomic E-state index is 0.0284. The number of aliphatic carboxylic acids is 1. The topological polar surface area (TPSA) is 99.6 Å². The van der Waals surface area contributed by atoms with E-state index in [9.17, 15) is 22.8 Å². The summed E-state index contributed by atoms with van der Waals surface area (Å²) >= 11 is 0. The summed E-state index contributed by atoms with van der Waals surface area (Å²) < 4.78 is 31.7. The van der Waals surface area contributed by atoms with Crippen molar-refractivity contribution in [1.82, 2.24) is 10.3 Å². The van der Waals surface area contributed by atoms with Gasteiger partial charge in [0.1, 0.15) is 0 Å². The molecule has 7 nitrogen and oxygen atoms in total. The van der Waals surface area contributed by atoms with Crippen molar-refractivity contribution in [3.05, 3.63) is 59.4 Å². The van der Waals surface area contributed by atoms with Crippen molar-refractivity contribution in [2.24, 2.45) is 0 Å². The predicted octanol–water partition coefficient (Wildman–Crippen LogP) is 3.82. The molecule has 0 saturated heterocycles. The minimum Gasteiger partial charge on any atom is -0.475 e. The molecule has 1 aliphatic carbocycles. The number of halogens is 3. The Hall–Kier alpha value is -3.43. The number of alkyl halides is 3. The third kappa shape index (κ3) is 5.50.